The Bertz CT molecular complexity index is 340. The molecule has 0 aromatic rings. The van der Waals surface area contributed by atoms with Crippen molar-refractivity contribution in [3.05, 3.63) is 0 Å². The van der Waals surface area contributed by atoms with Crippen LogP contribution in [0.4, 0.5) is 0 Å². The number of hydrogen-bond donors (Lipinski definition) is 0. The summed E-state index contributed by atoms with van der Waals surface area (Å²) in [5, 5.41) is 0. The Morgan fingerprint density at radius 2 is 1.67 bits per heavy atom. The van der Waals surface area contributed by atoms with Crippen molar-refractivity contribution < 1.29 is 33.3 Å². The number of unbranched alkanes of at least 4 members (excludes halogenated alkanes) is 1. The average Bonchev–Trinajstić information content (AvgIpc) is 2.47. The molecule has 0 spiro atoms. The molecule has 0 rings (SSSR count). The first kappa shape index (κ1) is 19.4. The Kier molecular flexibility index (Phi) is 10.2. The first-order valence-corrected chi connectivity index (χ1v) is 6.94. The van der Waals surface area contributed by atoms with Crippen LogP contribution in [0.1, 0.15) is 33.1 Å². The molecule has 7 nitrogen and oxygen atoms in total. The third kappa shape index (κ3) is 7.08. The van der Waals surface area contributed by atoms with E-state index in [1.165, 1.54) is 14.2 Å². The quantitative estimate of drug-likeness (QED) is 0.339. The third-order valence-corrected chi connectivity index (χ3v) is 2.79. The summed E-state index contributed by atoms with van der Waals surface area (Å²) in [7, 11) is 2.44. The Morgan fingerprint density at radius 1 is 1.00 bits per heavy atom. The number of rotatable bonds is 10. The fourth-order valence-corrected chi connectivity index (χ4v) is 1.68. The smallest absolute Gasteiger partial charge is 0.335 e. The van der Waals surface area contributed by atoms with Crippen molar-refractivity contribution in [2.45, 2.75) is 39.2 Å². The second kappa shape index (κ2) is 11.1. The van der Waals surface area contributed by atoms with Gasteiger partial charge in [0.05, 0.1) is 26.7 Å². The average molecular weight is 304 g/mol. The van der Waals surface area contributed by atoms with Crippen LogP contribution >= 0.6 is 0 Å². The van der Waals surface area contributed by atoms with Gasteiger partial charge in [-0.05, 0) is 13.3 Å². The number of methoxy groups -OCH3 is 2. The Balaban J connectivity index is 4.92. The van der Waals surface area contributed by atoms with Gasteiger partial charge in [0.15, 0.2) is 6.10 Å². The highest BCUT2D eigenvalue weighted by atomic mass is 16.6. The maximum atomic E-state index is 12.1. The van der Waals surface area contributed by atoms with Crippen LogP contribution in [0.3, 0.4) is 0 Å². The highest BCUT2D eigenvalue weighted by molar-refractivity contribution is 5.87. The highest BCUT2D eigenvalue weighted by Crippen LogP contribution is 2.17. The lowest BCUT2D eigenvalue weighted by Gasteiger charge is -2.21. The van der Waals surface area contributed by atoms with Crippen LogP contribution in [0.2, 0.25) is 0 Å². The summed E-state index contributed by atoms with van der Waals surface area (Å²) in [6.07, 6.45) is 0.0641. The molecule has 0 aliphatic carbocycles. The van der Waals surface area contributed by atoms with Gasteiger partial charge in [0, 0.05) is 7.11 Å². The van der Waals surface area contributed by atoms with E-state index in [0.717, 1.165) is 6.42 Å². The predicted molar refractivity (Wildman–Crippen MR) is 73.4 cm³/mol. The summed E-state index contributed by atoms with van der Waals surface area (Å²) in [5.74, 6) is -3.09. The molecule has 0 bridgehead atoms. The van der Waals surface area contributed by atoms with Gasteiger partial charge in [-0.15, -0.1) is 0 Å². The first-order chi connectivity index (χ1) is 10.0. The van der Waals surface area contributed by atoms with E-state index in [0.29, 0.717) is 6.42 Å². The van der Waals surface area contributed by atoms with Gasteiger partial charge in [-0.3, -0.25) is 9.59 Å². The molecule has 0 amide bonds. The Hall–Kier alpha value is -1.63. The summed E-state index contributed by atoms with van der Waals surface area (Å²) < 4.78 is 19.4. The van der Waals surface area contributed by atoms with Gasteiger partial charge in [0.25, 0.3) is 0 Å². The Morgan fingerprint density at radius 3 is 2.14 bits per heavy atom. The zero-order chi connectivity index (χ0) is 16.3. The van der Waals surface area contributed by atoms with Crippen molar-refractivity contribution in [2.24, 2.45) is 5.92 Å². The second-order valence-corrected chi connectivity index (χ2v) is 4.32. The molecule has 0 fully saturated rings. The number of esters is 3. The van der Waals surface area contributed by atoms with Crippen LogP contribution in [0.5, 0.6) is 0 Å². The number of carbonyl (C=O) groups is 3. The SMILES string of the molecule is CCCCOC(=O)C(CC(=O)OCC)C(OC)C(=O)OC. The molecule has 0 aromatic carbocycles. The van der Waals surface area contributed by atoms with E-state index in [1.807, 2.05) is 6.92 Å². The van der Waals surface area contributed by atoms with Crippen molar-refractivity contribution >= 4 is 17.9 Å². The minimum absolute atomic E-state index is 0.187. The summed E-state index contributed by atoms with van der Waals surface area (Å²) in [4.78, 5) is 35.3. The largest absolute Gasteiger partial charge is 0.467 e. The first-order valence-electron chi connectivity index (χ1n) is 6.94. The minimum Gasteiger partial charge on any atom is -0.467 e. The number of carbonyl (C=O) groups excluding carboxylic acids is 3. The molecule has 2 atom stereocenters. The van der Waals surface area contributed by atoms with Crippen LogP contribution in [0, 0.1) is 5.92 Å². The Labute approximate surface area is 124 Å². The van der Waals surface area contributed by atoms with Gasteiger partial charge >= 0.3 is 17.9 Å². The molecular weight excluding hydrogens is 280 g/mol. The molecule has 2 unspecified atom stereocenters. The van der Waals surface area contributed by atoms with E-state index in [1.54, 1.807) is 6.92 Å². The van der Waals surface area contributed by atoms with Crippen LogP contribution in [-0.4, -0.2) is 51.4 Å². The van der Waals surface area contributed by atoms with E-state index in [4.69, 9.17) is 14.2 Å². The van der Waals surface area contributed by atoms with E-state index in [2.05, 4.69) is 4.74 Å². The number of hydrogen-bond acceptors (Lipinski definition) is 7. The molecule has 21 heavy (non-hydrogen) atoms. The lowest BCUT2D eigenvalue weighted by molar-refractivity contribution is -0.170. The summed E-state index contributed by atoms with van der Waals surface area (Å²) in [6, 6.07) is 0. The lowest BCUT2D eigenvalue weighted by atomic mass is 9.98. The molecular formula is C14H24O7. The molecule has 0 saturated carbocycles. The molecule has 0 aliphatic rings. The van der Waals surface area contributed by atoms with Crippen molar-refractivity contribution in [2.75, 3.05) is 27.4 Å². The maximum absolute atomic E-state index is 12.1. The summed E-state index contributed by atoms with van der Waals surface area (Å²) in [5.41, 5.74) is 0. The van der Waals surface area contributed by atoms with E-state index < -0.39 is 29.9 Å². The molecule has 0 heterocycles. The van der Waals surface area contributed by atoms with Crippen LogP contribution in [0.15, 0.2) is 0 Å². The molecule has 0 radical (unpaired) electrons. The molecule has 0 saturated heterocycles. The molecule has 0 aromatic heterocycles. The monoisotopic (exact) mass is 304 g/mol. The van der Waals surface area contributed by atoms with E-state index >= 15 is 0 Å². The van der Waals surface area contributed by atoms with Crippen molar-refractivity contribution in [3.8, 4) is 0 Å². The predicted octanol–water partition coefficient (Wildman–Crippen LogP) is 1.09. The normalized spacial score (nSPS) is 13.1. The molecule has 0 aliphatic heterocycles. The zero-order valence-electron chi connectivity index (χ0n) is 13.0. The van der Waals surface area contributed by atoms with Gasteiger partial charge in [-0.2, -0.15) is 0 Å². The standard InChI is InChI=1S/C14H24O7/c1-5-7-8-21-13(16)10(9-11(15)20-6-2)12(18-3)14(17)19-4/h10,12H,5-9H2,1-4H3. The molecule has 0 N–H and O–H groups in total. The van der Waals surface area contributed by atoms with Crippen LogP contribution in [-0.2, 0) is 33.3 Å². The topological polar surface area (TPSA) is 88.1 Å². The van der Waals surface area contributed by atoms with Gasteiger partial charge in [0.1, 0.15) is 5.92 Å². The van der Waals surface area contributed by atoms with Crippen molar-refractivity contribution in [1.82, 2.24) is 0 Å². The molecule has 7 heteroatoms. The van der Waals surface area contributed by atoms with Crippen LogP contribution in [0.25, 0.3) is 0 Å². The van der Waals surface area contributed by atoms with Crippen molar-refractivity contribution in [3.63, 3.8) is 0 Å². The zero-order valence-corrected chi connectivity index (χ0v) is 13.0. The lowest BCUT2D eigenvalue weighted by Crippen LogP contribution is -2.40. The van der Waals surface area contributed by atoms with Crippen molar-refractivity contribution in [1.29, 1.82) is 0 Å². The van der Waals surface area contributed by atoms with Gasteiger partial charge in [0.2, 0.25) is 0 Å². The molecule has 122 valence electrons. The fraction of sp³-hybridized carbons (Fsp3) is 0.786. The fourth-order valence-electron chi connectivity index (χ4n) is 1.68. The van der Waals surface area contributed by atoms with Gasteiger partial charge in [-0.1, -0.05) is 13.3 Å². The van der Waals surface area contributed by atoms with E-state index in [-0.39, 0.29) is 19.6 Å². The second-order valence-electron chi connectivity index (χ2n) is 4.32. The highest BCUT2D eigenvalue weighted by Gasteiger charge is 2.38. The summed E-state index contributed by atoms with van der Waals surface area (Å²) >= 11 is 0. The van der Waals surface area contributed by atoms with E-state index in [9.17, 15) is 14.4 Å². The maximum Gasteiger partial charge on any atom is 0.335 e. The number of ether oxygens (including phenoxy) is 4. The summed E-state index contributed by atoms with van der Waals surface area (Å²) in [6.45, 7) is 4.02. The third-order valence-electron chi connectivity index (χ3n) is 2.79. The van der Waals surface area contributed by atoms with Gasteiger partial charge in [-0.25, -0.2) is 4.79 Å². The van der Waals surface area contributed by atoms with Gasteiger partial charge < -0.3 is 18.9 Å². The minimum atomic E-state index is -1.20. The van der Waals surface area contributed by atoms with Crippen LogP contribution < -0.4 is 0 Å².